The average molecular weight is 359 g/mol. The van der Waals surface area contributed by atoms with Crippen molar-refractivity contribution in [3.8, 4) is 17.2 Å². The quantitative estimate of drug-likeness (QED) is 0.461. The number of benzene rings is 2. The largest absolute Gasteiger partial charge is 0.496 e. The summed E-state index contributed by atoms with van der Waals surface area (Å²) in [5.74, 6) is 0.849. The molecule has 0 saturated heterocycles. The smallest absolute Gasteiger partial charge is 0.271 e. The second-order valence-electron chi connectivity index (χ2n) is 4.96. The summed E-state index contributed by atoms with van der Waals surface area (Å²) >= 11 is 0. The molecule has 1 N–H and O–H groups in total. The van der Waals surface area contributed by atoms with Crippen LogP contribution in [-0.2, 0) is 0 Å². The van der Waals surface area contributed by atoms with E-state index in [1.54, 1.807) is 12.1 Å². The Hall–Kier alpha value is -3.62. The van der Waals surface area contributed by atoms with Gasteiger partial charge < -0.3 is 14.2 Å². The van der Waals surface area contributed by atoms with Crippen LogP contribution in [-0.4, -0.2) is 38.4 Å². The first-order chi connectivity index (χ1) is 12.5. The average Bonchev–Trinajstić information content (AvgIpc) is 2.67. The number of hydrazone groups is 1. The normalized spacial score (nSPS) is 10.4. The molecule has 9 heteroatoms. The molecule has 2 aromatic rings. The van der Waals surface area contributed by atoms with Gasteiger partial charge in [0.1, 0.15) is 5.75 Å². The maximum Gasteiger partial charge on any atom is 0.271 e. The lowest BCUT2D eigenvalue weighted by Gasteiger charge is -2.11. The minimum atomic E-state index is -0.579. The summed E-state index contributed by atoms with van der Waals surface area (Å²) in [5, 5.41) is 14.6. The van der Waals surface area contributed by atoms with Crippen LogP contribution < -0.4 is 19.6 Å². The molecule has 1 amide bonds. The van der Waals surface area contributed by atoms with Crippen molar-refractivity contribution in [1.82, 2.24) is 5.43 Å². The van der Waals surface area contributed by atoms with Crippen molar-refractivity contribution in [2.75, 3.05) is 21.3 Å². The van der Waals surface area contributed by atoms with Crippen LogP contribution >= 0.6 is 0 Å². The van der Waals surface area contributed by atoms with Gasteiger partial charge in [-0.1, -0.05) is 6.07 Å². The van der Waals surface area contributed by atoms with Crippen molar-refractivity contribution in [1.29, 1.82) is 0 Å². The van der Waals surface area contributed by atoms with E-state index < -0.39 is 10.8 Å². The predicted molar refractivity (Wildman–Crippen MR) is 94.3 cm³/mol. The van der Waals surface area contributed by atoms with Crippen LogP contribution in [0.25, 0.3) is 0 Å². The van der Waals surface area contributed by atoms with Gasteiger partial charge in [-0.2, -0.15) is 5.10 Å². The number of hydrogen-bond donors (Lipinski definition) is 1. The number of carbonyl (C=O) groups excluding carboxylic acids is 1. The number of hydrogen-bond acceptors (Lipinski definition) is 7. The molecule has 0 radical (unpaired) electrons. The highest BCUT2D eigenvalue weighted by atomic mass is 16.6. The van der Waals surface area contributed by atoms with Crippen molar-refractivity contribution in [3.05, 3.63) is 57.6 Å². The summed E-state index contributed by atoms with van der Waals surface area (Å²) in [6.45, 7) is 0. The van der Waals surface area contributed by atoms with E-state index in [0.717, 1.165) is 0 Å². The van der Waals surface area contributed by atoms with Crippen LogP contribution in [0.4, 0.5) is 5.69 Å². The summed E-state index contributed by atoms with van der Waals surface area (Å²) in [6.07, 6.45) is 1.37. The van der Waals surface area contributed by atoms with Crippen molar-refractivity contribution < 1.29 is 23.9 Å². The Morgan fingerprint density at radius 1 is 1.08 bits per heavy atom. The molecular formula is C17H17N3O6. The molecule has 0 aliphatic rings. The lowest BCUT2D eigenvalue weighted by Crippen LogP contribution is -2.17. The van der Waals surface area contributed by atoms with Crippen LogP contribution in [0.15, 0.2) is 41.5 Å². The standard InChI is InChI=1S/C17H17N3O6/c1-24-14-9-16(26-3)15(25-2)8-12(14)10-18-19-17(21)11-5-4-6-13(7-11)20(22)23/h4-10H,1-3H3,(H,19,21)/b18-10+. The Morgan fingerprint density at radius 3 is 2.35 bits per heavy atom. The summed E-state index contributed by atoms with van der Waals surface area (Å²) in [5.41, 5.74) is 2.80. The Morgan fingerprint density at radius 2 is 1.73 bits per heavy atom. The van der Waals surface area contributed by atoms with Gasteiger partial charge in [-0.3, -0.25) is 14.9 Å². The minimum absolute atomic E-state index is 0.121. The Kier molecular flexibility index (Phi) is 6.10. The molecular weight excluding hydrogens is 342 g/mol. The first kappa shape index (κ1) is 18.7. The fourth-order valence-electron chi connectivity index (χ4n) is 2.14. The van der Waals surface area contributed by atoms with Gasteiger partial charge in [0.15, 0.2) is 11.5 Å². The number of carbonyl (C=O) groups is 1. The van der Waals surface area contributed by atoms with Crippen LogP contribution in [0.5, 0.6) is 17.2 Å². The molecule has 0 atom stereocenters. The van der Waals surface area contributed by atoms with Crippen LogP contribution in [0.3, 0.4) is 0 Å². The van der Waals surface area contributed by atoms with E-state index in [4.69, 9.17) is 14.2 Å². The van der Waals surface area contributed by atoms with Crippen LogP contribution in [0, 0.1) is 10.1 Å². The molecule has 0 unspecified atom stereocenters. The number of amides is 1. The van der Waals surface area contributed by atoms with Gasteiger partial charge in [-0.15, -0.1) is 0 Å². The van der Waals surface area contributed by atoms with E-state index >= 15 is 0 Å². The third-order valence-electron chi connectivity index (χ3n) is 3.42. The number of rotatable bonds is 7. The molecule has 26 heavy (non-hydrogen) atoms. The molecule has 0 fully saturated rings. The maximum atomic E-state index is 12.1. The molecule has 0 bridgehead atoms. The number of ether oxygens (including phenoxy) is 3. The molecule has 0 aromatic heterocycles. The molecule has 2 rings (SSSR count). The Balaban J connectivity index is 2.18. The third kappa shape index (κ3) is 4.26. The zero-order chi connectivity index (χ0) is 19.1. The predicted octanol–water partition coefficient (Wildman–Crippen LogP) is 2.38. The highest BCUT2D eigenvalue weighted by Crippen LogP contribution is 2.33. The van der Waals surface area contributed by atoms with Gasteiger partial charge in [-0.25, -0.2) is 5.43 Å². The zero-order valence-electron chi connectivity index (χ0n) is 14.4. The molecule has 136 valence electrons. The van der Waals surface area contributed by atoms with Gasteiger partial charge in [0.2, 0.25) is 0 Å². The van der Waals surface area contributed by atoms with Crippen molar-refractivity contribution >= 4 is 17.8 Å². The lowest BCUT2D eigenvalue weighted by atomic mass is 10.2. The van der Waals surface area contributed by atoms with E-state index in [1.165, 1.54) is 51.8 Å². The summed E-state index contributed by atoms with van der Waals surface area (Å²) in [6, 6.07) is 8.61. The first-order valence-corrected chi connectivity index (χ1v) is 7.38. The Bertz CT molecular complexity index is 850. The van der Waals surface area contributed by atoms with Crippen molar-refractivity contribution in [3.63, 3.8) is 0 Å². The summed E-state index contributed by atoms with van der Waals surface area (Å²) in [4.78, 5) is 22.3. The molecule has 9 nitrogen and oxygen atoms in total. The van der Waals surface area contributed by atoms with E-state index in [-0.39, 0.29) is 11.3 Å². The highest BCUT2D eigenvalue weighted by Gasteiger charge is 2.12. The number of nitrogens with zero attached hydrogens (tertiary/aromatic N) is 2. The van der Waals surface area contributed by atoms with Gasteiger partial charge >= 0.3 is 0 Å². The zero-order valence-corrected chi connectivity index (χ0v) is 14.4. The SMILES string of the molecule is COc1cc(OC)c(OC)cc1/C=N/NC(=O)c1cccc([N+](=O)[O-])c1. The first-order valence-electron chi connectivity index (χ1n) is 7.38. The summed E-state index contributed by atoms with van der Waals surface area (Å²) in [7, 11) is 4.49. The monoisotopic (exact) mass is 359 g/mol. The van der Waals surface area contributed by atoms with E-state index in [2.05, 4.69) is 10.5 Å². The van der Waals surface area contributed by atoms with E-state index in [1.807, 2.05) is 0 Å². The van der Waals surface area contributed by atoms with Crippen LogP contribution in [0.1, 0.15) is 15.9 Å². The lowest BCUT2D eigenvalue weighted by molar-refractivity contribution is -0.384. The van der Waals surface area contributed by atoms with Gasteiger partial charge in [-0.05, 0) is 12.1 Å². The third-order valence-corrected chi connectivity index (χ3v) is 3.42. The van der Waals surface area contributed by atoms with E-state index in [9.17, 15) is 14.9 Å². The van der Waals surface area contributed by atoms with Crippen molar-refractivity contribution in [2.45, 2.75) is 0 Å². The maximum absolute atomic E-state index is 12.1. The minimum Gasteiger partial charge on any atom is -0.496 e. The molecule has 0 spiro atoms. The number of nitro benzene ring substituents is 1. The number of methoxy groups -OCH3 is 3. The van der Waals surface area contributed by atoms with Gasteiger partial charge in [0.05, 0.1) is 32.5 Å². The molecule has 0 saturated carbocycles. The molecule has 0 heterocycles. The van der Waals surface area contributed by atoms with Gasteiger partial charge in [0.25, 0.3) is 11.6 Å². The molecule has 2 aromatic carbocycles. The van der Waals surface area contributed by atoms with Gasteiger partial charge in [0, 0.05) is 29.3 Å². The fraction of sp³-hybridized carbons (Fsp3) is 0.176. The fourth-order valence-corrected chi connectivity index (χ4v) is 2.14. The second-order valence-corrected chi connectivity index (χ2v) is 4.96. The number of nitro groups is 1. The number of nitrogens with one attached hydrogen (secondary N) is 1. The van der Waals surface area contributed by atoms with Crippen molar-refractivity contribution in [2.24, 2.45) is 5.10 Å². The highest BCUT2D eigenvalue weighted by molar-refractivity contribution is 5.95. The molecule has 0 aliphatic carbocycles. The van der Waals surface area contributed by atoms with E-state index in [0.29, 0.717) is 22.8 Å². The summed E-state index contributed by atoms with van der Waals surface area (Å²) < 4.78 is 15.7. The van der Waals surface area contributed by atoms with Crippen LogP contribution in [0.2, 0.25) is 0 Å². The second kappa shape index (κ2) is 8.47. The molecule has 0 aliphatic heterocycles. The Labute approximate surface area is 149 Å². The topological polar surface area (TPSA) is 112 Å². The number of non-ortho nitro benzene ring substituents is 1.